The van der Waals surface area contributed by atoms with E-state index in [1.54, 1.807) is 0 Å². The molecule has 0 saturated heterocycles. The highest BCUT2D eigenvalue weighted by Gasteiger charge is 2.20. The Bertz CT molecular complexity index is 1160. The molecule has 0 aliphatic rings. The van der Waals surface area contributed by atoms with Crippen molar-refractivity contribution in [1.29, 1.82) is 0 Å². The lowest BCUT2D eigenvalue weighted by Crippen LogP contribution is -2.45. The molecule has 0 aromatic carbocycles. The van der Waals surface area contributed by atoms with Crippen LogP contribution in [0.25, 0.3) is 0 Å². The van der Waals surface area contributed by atoms with E-state index in [4.69, 9.17) is 4.74 Å². The molecule has 3 N–H and O–H groups in total. The summed E-state index contributed by atoms with van der Waals surface area (Å²) in [6.07, 6.45) is 74.0. The molecule has 6 heteroatoms. The van der Waals surface area contributed by atoms with Gasteiger partial charge in [0.15, 0.2) is 0 Å². The lowest BCUT2D eigenvalue weighted by atomic mass is 10.0. The molecule has 0 bridgehead atoms. The number of ether oxygens (including phenoxy) is 1. The Kier molecular flexibility index (Phi) is 56.5. The molecular formula is C63H117NO5. The van der Waals surface area contributed by atoms with Crippen LogP contribution in [-0.4, -0.2) is 47.4 Å². The fourth-order valence-corrected chi connectivity index (χ4v) is 9.17. The first-order valence-electron chi connectivity index (χ1n) is 30.4. The summed E-state index contributed by atoms with van der Waals surface area (Å²) in [5.74, 6) is -0.0473. The summed E-state index contributed by atoms with van der Waals surface area (Å²) in [6.45, 7) is 4.91. The average molecular weight is 969 g/mol. The molecule has 0 aliphatic carbocycles. The topological polar surface area (TPSA) is 95.9 Å². The van der Waals surface area contributed by atoms with Gasteiger partial charge in [-0.2, -0.15) is 0 Å². The summed E-state index contributed by atoms with van der Waals surface area (Å²) >= 11 is 0. The minimum absolute atomic E-state index is 0.00108. The van der Waals surface area contributed by atoms with E-state index >= 15 is 0 Å². The highest BCUT2D eigenvalue weighted by atomic mass is 16.5. The van der Waals surface area contributed by atoms with Crippen molar-refractivity contribution in [2.24, 2.45) is 0 Å². The van der Waals surface area contributed by atoms with Crippen LogP contribution in [0.5, 0.6) is 0 Å². The molecule has 1 amide bonds. The number of hydrogen-bond donors (Lipinski definition) is 3. The quantitative estimate of drug-likeness (QED) is 0.0321. The first kappa shape index (κ1) is 66.8. The minimum atomic E-state index is -0.670. The van der Waals surface area contributed by atoms with Gasteiger partial charge in [0.05, 0.1) is 25.4 Å². The minimum Gasteiger partial charge on any atom is -0.466 e. The zero-order chi connectivity index (χ0) is 50.0. The molecule has 0 heterocycles. The Hall–Kier alpha value is -2.18. The fourth-order valence-electron chi connectivity index (χ4n) is 9.17. The van der Waals surface area contributed by atoms with Gasteiger partial charge in [-0.1, -0.05) is 262 Å². The van der Waals surface area contributed by atoms with E-state index in [2.05, 4.69) is 67.8 Å². The maximum absolute atomic E-state index is 12.4. The van der Waals surface area contributed by atoms with Crippen LogP contribution in [0, 0.1) is 0 Å². The second-order valence-electron chi connectivity index (χ2n) is 20.7. The van der Waals surface area contributed by atoms with Crippen LogP contribution in [0.3, 0.4) is 0 Å². The first-order valence-corrected chi connectivity index (χ1v) is 30.4. The van der Waals surface area contributed by atoms with Gasteiger partial charge in [-0.05, 0) is 89.9 Å². The Labute approximate surface area is 429 Å². The molecule has 2 atom stereocenters. The lowest BCUT2D eigenvalue weighted by Gasteiger charge is -2.22. The second kappa shape index (κ2) is 58.4. The predicted molar refractivity (Wildman–Crippen MR) is 301 cm³/mol. The summed E-state index contributed by atoms with van der Waals surface area (Å²) in [6, 6.07) is -0.549. The Morgan fingerprint density at radius 2 is 0.725 bits per heavy atom. The summed E-state index contributed by atoms with van der Waals surface area (Å²) in [7, 11) is 0. The van der Waals surface area contributed by atoms with Crippen LogP contribution in [0.1, 0.15) is 316 Å². The van der Waals surface area contributed by atoms with E-state index in [9.17, 15) is 19.8 Å². The number of carbonyl (C=O) groups excluding carboxylic acids is 2. The van der Waals surface area contributed by atoms with Gasteiger partial charge in [-0.3, -0.25) is 9.59 Å². The monoisotopic (exact) mass is 968 g/mol. The molecule has 0 fully saturated rings. The molecular weight excluding hydrogens is 851 g/mol. The zero-order valence-electron chi connectivity index (χ0n) is 46.0. The van der Waals surface area contributed by atoms with E-state index in [1.165, 1.54) is 212 Å². The number of esters is 1. The van der Waals surface area contributed by atoms with Crippen molar-refractivity contribution >= 4 is 11.9 Å². The maximum atomic E-state index is 12.4. The van der Waals surface area contributed by atoms with Crippen molar-refractivity contribution in [3.05, 3.63) is 48.6 Å². The molecule has 0 radical (unpaired) electrons. The molecule has 0 rings (SSSR count). The highest BCUT2D eigenvalue weighted by Crippen LogP contribution is 2.16. The number of aliphatic hydroxyl groups excluding tert-OH is 2. The molecule has 0 spiro atoms. The van der Waals surface area contributed by atoms with Crippen LogP contribution in [0.15, 0.2) is 48.6 Å². The molecule has 2 unspecified atom stereocenters. The zero-order valence-corrected chi connectivity index (χ0v) is 46.0. The van der Waals surface area contributed by atoms with Crippen molar-refractivity contribution < 1.29 is 24.5 Å². The van der Waals surface area contributed by atoms with E-state index in [-0.39, 0.29) is 18.5 Å². The Balaban J connectivity index is 3.44. The van der Waals surface area contributed by atoms with Crippen molar-refractivity contribution in [2.45, 2.75) is 328 Å². The number of carbonyl (C=O) groups is 2. The SMILES string of the molecule is CCCCC/C=C\C/C=C\CCCCCCCCCC(=O)OCCCCCCCCCCC/C=C\C/C=C\CCCCCCCCCC(=O)NC(CO)C(O)CCCCCCCCCCCCCC. The van der Waals surface area contributed by atoms with Crippen molar-refractivity contribution in [2.75, 3.05) is 13.2 Å². The summed E-state index contributed by atoms with van der Waals surface area (Å²) < 4.78 is 5.48. The van der Waals surface area contributed by atoms with Crippen LogP contribution in [0.4, 0.5) is 0 Å². The summed E-state index contributed by atoms with van der Waals surface area (Å²) in [5, 5.41) is 23.2. The number of unbranched alkanes of at least 4 members (excludes halogenated alkanes) is 37. The van der Waals surface area contributed by atoms with Crippen molar-refractivity contribution in [1.82, 2.24) is 5.32 Å². The van der Waals surface area contributed by atoms with E-state index in [0.29, 0.717) is 25.9 Å². The fraction of sp³-hybridized carbons (Fsp3) is 0.841. The number of amides is 1. The Morgan fingerprint density at radius 3 is 1.13 bits per heavy atom. The largest absolute Gasteiger partial charge is 0.466 e. The number of rotatable bonds is 56. The van der Waals surface area contributed by atoms with E-state index in [0.717, 1.165) is 70.6 Å². The Morgan fingerprint density at radius 1 is 0.406 bits per heavy atom. The molecule has 404 valence electrons. The third-order valence-electron chi connectivity index (χ3n) is 13.9. The number of allylic oxidation sites excluding steroid dienone is 8. The number of nitrogens with one attached hydrogen (secondary N) is 1. The summed E-state index contributed by atoms with van der Waals surface area (Å²) in [5.41, 5.74) is 0. The maximum Gasteiger partial charge on any atom is 0.305 e. The van der Waals surface area contributed by atoms with Crippen LogP contribution in [-0.2, 0) is 14.3 Å². The van der Waals surface area contributed by atoms with Crippen molar-refractivity contribution in [3.8, 4) is 0 Å². The van der Waals surface area contributed by atoms with Gasteiger partial charge in [0.2, 0.25) is 5.91 Å². The van der Waals surface area contributed by atoms with Gasteiger partial charge in [0, 0.05) is 12.8 Å². The molecule has 0 saturated carbocycles. The molecule has 69 heavy (non-hydrogen) atoms. The normalized spacial score (nSPS) is 12.9. The van der Waals surface area contributed by atoms with Crippen molar-refractivity contribution in [3.63, 3.8) is 0 Å². The predicted octanol–water partition coefficient (Wildman–Crippen LogP) is 19.0. The highest BCUT2D eigenvalue weighted by molar-refractivity contribution is 5.76. The lowest BCUT2D eigenvalue weighted by molar-refractivity contribution is -0.143. The molecule has 6 nitrogen and oxygen atoms in total. The van der Waals surface area contributed by atoms with Crippen LogP contribution in [0.2, 0.25) is 0 Å². The third-order valence-corrected chi connectivity index (χ3v) is 13.9. The second-order valence-corrected chi connectivity index (χ2v) is 20.7. The van der Waals surface area contributed by atoms with Gasteiger partial charge < -0.3 is 20.3 Å². The van der Waals surface area contributed by atoms with Crippen LogP contribution < -0.4 is 5.32 Å². The van der Waals surface area contributed by atoms with Gasteiger partial charge in [-0.15, -0.1) is 0 Å². The summed E-state index contributed by atoms with van der Waals surface area (Å²) in [4.78, 5) is 24.5. The van der Waals surface area contributed by atoms with Gasteiger partial charge >= 0.3 is 5.97 Å². The standard InChI is InChI=1S/C63H117NO5/c1-3-5-7-9-11-13-15-17-18-26-30-33-37-41-45-49-53-57-63(68)69-58-54-50-46-42-38-34-31-28-25-23-21-19-20-22-24-27-29-32-36-40-44-48-52-56-62(67)64-60(59-65)61(66)55-51-47-43-39-35-16-14-12-10-8-6-4-2/h11,13,17-19,21-22,24,60-61,65-66H,3-10,12,14-16,20,23,25-59H2,1-2H3,(H,64,67)/b13-11-,18-17-,21-19-,24-22-. The van der Waals surface area contributed by atoms with Crippen LogP contribution >= 0.6 is 0 Å². The number of aliphatic hydroxyl groups is 2. The molecule has 0 aromatic rings. The number of hydrogen-bond acceptors (Lipinski definition) is 5. The van der Waals surface area contributed by atoms with E-state index < -0.39 is 12.1 Å². The average Bonchev–Trinajstić information content (AvgIpc) is 3.35. The van der Waals surface area contributed by atoms with E-state index in [1.807, 2.05) is 0 Å². The van der Waals surface area contributed by atoms with Gasteiger partial charge in [0.1, 0.15) is 0 Å². The third kappa shape index (κ3) is 55.0. The first-order chi connectivity index (χ1) is 34.0. The van der Waals surface area contributed by atoms with Gasteiger partial charge in [0.25, 0.3) is 0 Å². The molecule has 0 aliphatic heterocycles. The smallest absolute Gasteiger partial charge is 0.305 e. The molecule has 0 aromatic heterocycles. The van der Waals surface area contributed by atoms with Gasteiger partial charge in [-0.25, -0.2) is 0 Å².